The third-order valence-electron chi connectivity index (χ3n) is 4.69. The number of hydrogen-bond donors (Lipinski definition) is 3. The number of aromatic nitrogens is 3. The second-order valence-electron chi connectivity index (χ2n) is 8.32. The van der Waals surface area contributed by atoms with E-state index in [9.17, 15) is 14.3 Å². The summed E-state index contributed by atoms with van der Waals surface area (Å²) >= 11 is 0. The van der Waals surface area contributed by atoms with Gasteiger partial charge >= 0.3 is 0 Å². The Kier molecular flexibility index (Phi) is 6.45. The predicted molar refractivity (Wildman–Crippen MR) is 117 cm³/mol. The van der Waals surface area contributed by atoms with Crippen LogP contribution in [-0.2, 0) is 0 Å². The van der Waals surface area contributed by atoms with Gasteiger partial charge in [0.15, 0.2) is 0 Å². The van der Waals surface area contributed by atoms with E-state index in [-0.39, 0.29) is 11.9 Å². The van der Waals surface area contributed by atoms with E-state index >= 15 is 0 Å². The molecule has 0 spiro atoms. The average Bonchev–Trinajstić information content (AvgIpc) is 3.11. The van der Waals surface area contributed by atoms with Gasteiger partial charge in [-0.25, -0.2) is 13.9 Å². The zero-order valence-electron chi connectivity index (χ0n) is 18.4. The maximum Gasteiger partial charge on any atom is 0.255 e. The number of halogens is 1. The summed E-state index contributed by atoms with van der Waals surface area (Å²) in [5.74, 6) is -0.492. The summed E-state index contributed by atoms with van der Waals surface area (Å²) in [7, 11) is 1.47. The van der Waals surface area contributed by atoms with Gasteiger partial charge in [0.05, 0.1) is 41.9 Å². The lowest BCUT2D eigenvalue weighted by Gasteiger charge is -2.18. The van der Waals surface area contributed by atoms with Crippen molar-refractivity contribution in [3.8, 4) is 17.0 Å². The SMILES string of the molecule is COc1cc(-c2cc3c(NC(C)C)c(C(=O)NCCC(C)(C)O)cnn3c2)c(F)cn1. The normalized spacial score (nSPS) is 11.7. The number of carbonyl (C=O) groups excluding carboxylic acids is 1. The molecule has 0 fully saturated rings. The van der Waals surface area contributed by atoms with Gasteiger partial charge in [-0.1, -0.05) is 0 Å². The smallest absolute Gasteiger partial charge is 0.255 e. The molecule has 3 N–H and O–H groups in total. The van der Waals surface area contributed by atoms with Gasteiger partial charge in [-0.05, 0) is 40.2 Å². The topological polar surface area (TPSA) is 101 Å². The molecule has 0 saturated carbocycles. The Balaban J connectivity index is 2.02. The molecule has 1 amide bonds. The second kappa shape index (κ2) is 8.89. The number of methoxy groups -OCH3 is 1. The van der Waals surface area contributed by atoms with Gasteiger partial charge in [0, 0.05) is 36.0 Å². The van der Waals surface area contributed by atoms with Crippen LogP contribution in [0.4, 0.5) is 10.1 Å². The van der Waals surface area contributed by atoms with Gasteiger partial charge in [-0.3, -0.25) is 4.79 Å². The molecule has 0 aliphatic heterocycles. The molecule has 8 nitrogen and oxygen atoms in total. The number of nitrogens with one attached hydrogen (secondary N) is 2. The van der Waals surface area contributed by atoms with Gasteiger partial charge in [-0.15, -0.1) is 0 Å². The largest absolute Gasteiger partial charge is 0.481 e. The lowest BCUT2D eigenvalue weighted by atomic mass is 10.1. The third kappa shape index (κ3) is 5.29. The number of carbonyl (C=O) groups is 1. The lowest BCUT2D eigenvalue weighted by molar-refractivity contribution is 0.0693. The molecule has 3 aromatic rings. The van der Waals surface area contributed by atoms with Crippen LogP contribution in [0.3, 0.4) is 0 Å². The van der Waals surface area contributed by atoms with Crippen LogP contribution < -0.4 is 15.4 Å². The molecule has 0 unspecified atom stereocenters. The minimum atomic E-state index is -0.874. The number of ether oxygens (including phenoxy) is 1. The van der Waals surface area contributed by atoms with E-state index in [1.54, 1.807) is 30.6 Å². The van der Waals surface area contributed by atoms with Crippen LogP contribution in [0.1, 0.15) is 44.5 Å². The summed E-state index contributed by atoms with van der Waals surface area (Å²) in [4.78, 5) is 16.7. The van der Waals surface area contributed by atoms with Crippen LogP contribution in [0.5, 0.6) is 5.88 Å². The average molecular weight is 429 g/mol. The molecule has 0 saturated heterocycles. The van der Waals surface area contributed by atoms with E-state index in [1.807, 2.05) is 13.8 Å². The predicted octanol–water partition coefficient (Wildman–Crippen LogP) is 3.26. The van der Waals surface area contributed by atoms with Crippen LogP contribution in [0.25, 0.3) is 16.6 Å². The van der Waals surface area contributed by atoms with Gasteiger partial charge in [0.25, 0.3) is 5.91 Å². The Morgan fingerprint density at radius 1 is 1.32 bits per heavy atom. The van der Waals surface area contributed by atoms with E-state index < -0.39 is 11.4 Å². The Labute approximate surface area is 180 Å². The van der Waals surface area contributed by atoms with Gasteiger partial charge in [-0.2, -0.15) is 5.10 Å². The molecule has 0 radical (unpaired) electrons. The van der Waals surface area contributed by atoms with Crippen molar-refractivity contribution in [2.75, 3.05) is 19.0 Å². The fourth-order valence-electron chi connectivity index (χ4n) is 3.15. The first-order valence-electron chi connectivity index (χ1n) is 10.1. The summed E-state index contributed by atoms with van der Waals surface area (Å²) in [6, 6.07) is 3.33. The minimum Gasteiger partial charge on any atom is -0.481 e. The van der Waals surface area contributed by atoms with Crippen LogP contribution in [0, 0.1) is 5.82 Å². The van der Waals surface area contributed by atoms with Gasteiger partial charge in [0.1, 0.15) is 5.82 Å². The van der Waals surface area contributed by atoms with Gasteiger partial charge in [0.2, 0.25) is 5.88 Å². The fourth-order valence-corrected chi connectivity index (χ4v) is 3.15. The molecule has 3 rings (SSSR count). The highest BCUT2D eigenvalue weighted by Gasteiger charge is 2.20. The Morgan fingerprint density at radius 3 is 2.71 bits per heavy atom. The number of hydrogen-bond acceptors (Lipinski definition) is 6. The summed E-state index contributed by atoms with van der Waals surface area (Å²) in [6.07, 6.45) is 4.69. The minimum absolute atomic E-state index is 0.0465. The maximum absolute atomic E-state index is 14.4. The second-order valence-corrected chi connectivity index (χ2v) is 8.32. The first-order chi connectivity index (χ1) is 14.6. The Morgan fingerprint density at radius 2 is 2.06 bits per heavy atom. The molecule has 0 atom stereocenters. The first-order valence-corrected chi connectivity index (χ1v) is 10.1. The molecule has 31 heavy (non-hydrogen) atoms. The summed E-state index contributed by atoms with van der Waals surface area (Å²) in [6.45, 7) is 7.62. The summed E-state index contributed by atoms with van der Waals surface area (Å²) in [5, 5.41) is 20.3. The number of anilines is 1. The molecule has 0 bridgehead atoms. The van der Waals surface area contributed by atoms with Crippen LogP contribution >= 0.6 is 0 Å². The molecule has 3 aromatic heterocycles. The zero-order valence-corrected chi connectivity index (χ0v) is 18.4. The van der Waals surface area contributed by atoms with E-state index in [0.717, 1.165) is 6.20 Å². The Bertz CT molecular complexity index is 1090. The quantitative estimate of drug-likeness (QED) is 0.508. The first kappa shape index (κ1) is 22.5. The molecule has 3 heterocycles. The highest BCUT2D eigenvalue weighted by molar-refractivity contribution is 6.03. The maximum atomic E-state index is 14.4. The van der Waals surface area contributed by atoms with Crippen molar-refractivity contribution in [3.05, 3.63) is 42.1 Å². The Hall–Kier alpha value is -3.20. The number of aliphatic hydroxyl groups is 1. The van der Waals surface area contributed by atoms with Crippen molar-refractivity contribution in [2.24, 2.45) is 0 Å². The number of nitrogens with zero attached hydrogens (tertiary/aromatic N) is 3. The highest BCUT2D eigenvalue weighted by atomic mass is 19.1. The number of rotatable bonds is 8. The molecular weight excluding hydrogens is 401 g/mol. The van der Waals surface area contributed by atoms with Crippen molar-refractivity contribution < 1.29 is 19.0 Å². The van der Waals surface area contributed by atoms with Crippen LogP contribution in [0.2, 0.25) is 0 Å². The van der Waals surface area contributed by atoms with Crippen molar-refractivity contribution in [2.45, 2.75) is 45.8 Å². The molecule has 166 valence electrons. The van der Waals surface area contributed by atoms with E-state index in [2.05, 4.69) is 20.7 Å². The van der Waals surface area contributed by atoms with Gasteiger partial charge < -0.3 is 20.5 Å². The van der Waals surface area contributed by atoms with Crippen molar-refractivity contribution in [1.82, 2.24) is 19.9 Å². The van der Waals surface area contributed by atoms with Crippen molar-refractivity contribution >= 4 is 17.1 Å². The summed E-state index contributed by atoms with van der Waals surface area (Å²) < 4.78 is 21.1. The highest BCUT2D eigenvalue weighted by Crippen LogP contribution is 2.31. The van der Waals surface area contributed by atoms with Crippen LogP contribution in [-0.4, -0.2) is 50.9 Å². The molecule has 9 heteroatoms. The number of pyridine rings is 1. The monoisotopic (exact) mass is 429 g/mol. The van der Waals surface area contributed by atoms with E-state index in [0.29, 0.717) is 46.7 Å². The molecular formula is C22H28FN5O3. The molecule has 0 aliphatic carbocycles. The number of fused-ring (bicyclic) bond motifs is 1. The summed E-state index contributed by atoms with van der Waals surface area (Å²) in [5.41, 5.74) is 1.63. The lowest BCUT2D eigenvalue weighted by Crippen LogP contribution is -2.31. The zero-order chi connectivity index (χ0) is 22.8. The van der Waals surface area contributed by atoms with E-state index in [4.69, 9.17) is 4.74 Å². The number of amides is 1. The van der Waals surface area contributed by atoms with Crippen LogP contribution in [0.15, 0.2) is 30.7 Å². The van der Waals surface area contributed by atoms with Crippen molar-refractivity contribution in [3.63, 3.8) is 0 Å². The third-order valence-corrected chi connectivity index (χ3v) is 4.69. The van der Waals surface area contributed by atoms with Crippen molar-refractivity contribution in [1.29, 1.82) is 0 Å². The molecule has 0 aromatic carbocycles. The standard InChI is InChI=1S/C22H28FN5O3/c1-13(2)27-20-16(21(29)24-7-6-22(3,4)30)10-26-28-12-14(8-18(20)28)15-9-19(31-5)25-11-17(15)23/h8-13,27,30H,6-7H2,1-5H3,(H,24,29). The van der Waals surface area contributed by atoms with E-state index in [1.165, 1.54) is 19.4 Å². The molecule has 0 aliphatic rings. The fraction of sp³-hybridized carbons (Fsp3) is 0.409.